The van der Waals surface area contributed by atoms with Crippen LogP contribution in [0.15, 0.2) is 152 Å². The molecular weight excluding hydrogens is 574 g/mol. The van der Waals surface area contributed by atoms with Crippen molar-refractivity contribution >= 4 is 59.9 Å². The van der Waals surface area contributed by atoms with Crippen LogP contribution in [0.1, 0.15) is 0 Å². The molecule has 0 radical (unpaired) electrons. The Kier molecular flexibility index (Phi) is 5.51. The molecule has 5 aromatic heterocycles. The number of aromatic nitrogens is 5. The second-order valence-corrected chi connectivity index (χ2v) is 11.9. The highest BCUT2D eigenvalue weighted by Gasteiger charge is 2.22. The molecule has 218 valence electrons. The molecule has 0 spiro atoms. The zero-order chi connectivity index (χ0) is 30.9. The van der Waals surface area contributed by atoms with E-state index in [4.69, 9.17) is 19.9 Å². The first-order valence-electron chi connectivity index (χ1n) is 15.7. The number of imidazole rings is 1. The predicted octanol–water partition coefficient (Wildman–Crippen LogP) is 10.3. The van der Waals surface area contributed by atoms with E-state index in [9.17, 15) is 0 Å². The third-order valence-electron chi connectivity index (χ3n) is 9.29. The summed E-state index contributed by atoms with van der Waals surface area (Å²) in [7, 11) is 0. The predicted molar refractivity (Wildman–Crippen MR) is 192 cm³/mol. The Morgan fingerprint density at radius 1 is 0.447 bits per heavy atom. The van der Waals surface area contributed by atoms with Crippen molar-refractivity contribution in [2.75, 3.05) is 0 Å². The van der Waals surface area contributed by atoms with E-state index in [1.54, 1.807) is 0 Å². The summed E-state index contributed by atoms with van der Waals surface area (Å²) in [6, 6.07) is 46.6. The summed E-state index contributed by atoms with van der Waals surface area (Å²) in [5.74, 6) is 0. The normalized spacial score (nSPS) is 11.8. The Bertz CT molecular complexity index is 2850. The van der Waals surface area contributed by atoms with Gasteiger partial charge in [0.1, 0.15) is 5.65 Å². The first kappa shape index (κ1) is 25.8. The van der Waals surface area contributed by atoms with E-state index in [0.29, 0.717) is 0 Å². The monoisotopic (exact) mass is 599 g/mol. The van der Waals surface area contributed by atoms with Gasteiger partial charge in [0, 0.05) is 51.3 Å². The Morgan fingerprint density at radius 2 is 1.17 bits per heavy atom. The van der Waals surface area contributed by atoms with Crippen LogP contribution in [0.25, 0.3) is 93.7 Å². The van der Waals surface area contributed by atoms with Gasteiger partial charge in [-0.15, -0.1) is 0 Å². The molecule has 0 aliphatic heterocycles. The van der Waals surface area contributed by atoms with Crippen LogP contribution in [-0.4, -0.2) is 24.3 Å². The molecule has 0 aliphatic rings. The van der Waals surface area contributed by atoms with E-state index in [-0.39, 0.29) is 0 Å². The minimum atomic E-state index is 0.879. The number of hydrogen-bond acceptors (Lipinski definition) is 4. The Morgan fingerprint density at radius 3 is 2.04 bits per heavy atom. The topological polar surface area (TPSA) is 56.0 Å². The lowest BCUT2D eigenvalue weighted by Crippen LogP contribution is -1.94. The van der Waals surface area contributed by atoms with Crippen LogP contribution in [0.5, 0.6) is 0 Å². The minimum absolute atomic E-state index is 0.879. The van der Waals surface area contributed by atoms with Gasteiger partial charge < -0.3 is 0 Å². The van der Waals surface area contributed by atoms with Crippen molar-refractivity contribution in [3.63, 3.8) is 0 Å². The molecule has 0 unspecified atom stereocenters. The smallest absolute Gasteiger partial charge is 0.145 e. The van der Waals surface area contributed by atoms with Crippen molar-refractivity contribution in [1.82, 2.24) is 24.3 Å². The maximum atomic E-state index is 5.38. The summed E-state index contributed by atoms with van der Waals surface area (Å²) in [6.07, 6.45) is 5.81. The van der Waals surface area contributed by atoms with Crippen LogP contribution in [0, 0.1) is 0 Å². The van der Waals surface area contributed by atoms with Crippen molar-refractivity contribution in [2.24, 2.45) is 0 Å². The lowest BCUT2D eigenvalue weighted by atomic mass is 9.89. The molecule has 0 bridgehead atoms. The van der Waals surface area contributed by atoms with Gasteiger partial charge in [-0.3, -0.25) is 14.4 Å². The van der Waals surface area contributed by atoms with E-state index < -0.39 is 0 Å². The second-order valence-electron chi connectivity index (χ2n) is 11.9. The molecular formula is C42H25N5. The van der Waals surface area contributed by atoms with Gasteiger partial charge in [-0.2, -0.15) is 0 Å². The van der Waals surface area contributed by atoms with Gasteiger partial charge in [0.25, 0.3) is 0 Å². The summed E-state index contributed by atoms with van der Waals surface area (Å²) in [5.41, 5.74) is 9.82. The van der Waals surface area contributed by atoms with Crippen LogP contribution >= 0.6 is 0 Å². The van der Waals surface area contributed by atoms with Gasteiger partial charge in [-0.25, -0.2) is 9.97 Å². The van der Waals surface area contributed by atoms with Gasteiger partial charge in [0.15, 0.2) is 0 Å². The average Bonchev–Trinajstić information content (AvgIpc) is 3.54. The zero-order valence-corrected chi connectivity index (χ0v) is 25.2. The fraction of sp³-hybridized carbons (Fsp3) is 0. The van der Waals surface area contributed by atoms with Crippen molar-refractivity contribution in [1.29, 1.82) is 0 Å². The summed E-state index contributed by atoms with van der Waals surface area (Å²) in [6.45, 7) is 0. The summed E-state index contributed by atoms with van der Waals surface area (Å²) < 4.78 is 2.19. The highest BCUT2D eigenvalue weighted by Crippen LogP contribution is 2.44. The Balaban J connectivity index is 1.31. The number of hydrogen-bond donors (Lipinski definition) is 0. The van der Waals surface area contributed by atoms with Gasteiger partial charge >= 0.3 is 0 Å². The molecule has 5 heterocycles. The van der Waals surface area contributed by atoms with E-state index in [1.807, 2.05) is 30.6 Å². The summed E-state index contributed by atoms with van der Waals surface area (Å²) in [4.78, 5) is 20.1. The molecule has 10 rings (SSSR count). The first-order chi connectivity index (χ1) is 23.3. The number of fused-ring (bicyclic) bond motifs is 8. The van der Waals surface area contributed by atoms with Crippen LogP contribution < -0.4 is 0 Å². The van der Waals surface area contributed by atoms with E-state index in [2.05, 4.69) is 126 Å². The first-order valence-corrected chi connectivity index (χ1v) is 15.7. The SMILES string of the molecule is c1ccc(-c2c(-c3ccc(-c4c5ccccc5nc5c4ccc4cccnc45)c4ccccc34)nc3c4ccccc4ccn23)nc1. The number of benzene rings is 5. The molecule has 0 amide bonds. The zero-order valence-electron chi connectivity index (χ0n) is 25.2. The minimum Gasteiger partial charge on any atom is -0.297 e. The van der Waals surface area contributed by atoms with Crippen molar-refractivity contribution in [3.8, 4) is 33.8 Å². The summed E-state index contributed by atoms with van der Waals surface area (Å²) in [5, 5.41) is 7.82. The molecule has 0 fully saturated rings. The highest BCUT2D eigenvalue weighted by molar-refractivity contribution is 6.20. The Hall–Kier alpha value is -6.46. The average molecular weight is 600 g/mol. The van der Waals surface area contributed by atoms with Crippen LogP contribution in [0.3, 0.4) is 0 Å². The number of pyridine rings is 4. The molecule has 0 saturated heterocycles. The molecule has 0 aliphatic carbocycles. The standard InChI is InChI=1S/C42H25N5/c1-2-12-28-26(10-1)22-25-47-41(36-17-7-8-23-43-36)40(46-42(28)47)32-21-20-31(29-13-3-4-14-30(29)32)37-33-15-5-6-16-35(33)45-39-34(37)19-18-27-11-9-24-44-38(27)39/h1-25H. The highest BCUT2D eigenvalue weighted by atomic mass is 15.0. The molecule has 5 aromatic carbocycles. The molecule has 0 atom stereocenters. The maximum absolute atomic E-state index is 5.38. The number of nitrogens with zero attached hydrogens (tertiary/aromatic N) is 5. The molecule has 10 aromatic rings. The van der Waals surface area contributed by atoms with E-state index in [1.165, 1.54) is 0 Å². The van der Waals surface area contributed by atoms with Crippen molar-refractivity contribution < 1.29 is 0 Å². The third-order valence-corrected chi connectivity index (χ3v) is 9.29. The second kappa shape index (κ2) is 10.0. The van der Waals surface area contributed by atoms with Crippen molar-refractivity contribution in [2.45, 2.75) is 0 Å². The lowest BCUT2D eigenvalue weighted by molar-refractivity contribution is 1.18. The number of rotatable bonds is 3. The van der Waals surface area contributed by atoms with Gasteiger partial charge in [-0.05, 0) is 52.1 Å². The third kappa shape index (κ3) is 3.83. The van der Waals surface area contributed by atoms with Gasteiger partial charge in [0.05, 0.1) is 33.6 Å². The van der Waals surface area contributed by atoms with Crippen LogP contribution in [0.4, 0.5) is 0 Å². The van der Waals surface area contributed by atoms with E-state index in [0.717, 1.165) is 93.7 Å². The van der Waals surface area contributed by atoms with Gasteiger partial charge in [-0.1, -0.05) is 103 Å². The van der Waals surface area contributed by atoms with Crippen LogP contribution in [-0.2, 0) is 0 Å². The maximum Gasteiger partial charge on any atom is 0.145 e. The fourth-order valence-corrected chi connectivity index (χ4v) is 7.21. The molecule has 0 saturated carbocycles. The molecule has 5 heteroatoms. The molecule has 5 nitrogen and oxygen atoms in total. The molecule has 0 N–H and O–H groups in total. The quantitative estimate of drug-likeness (QED) is 0.150. The number of para-hydroxylation sites is 1. The van der Waals surface area contributed by atoms with Gasteiger partial charge in [0.2, 0.25) is 0 Å². The van der Waals surface area contributed by atoms with Crippen LogP contribution in [0.2, 0.25) is 0 Å². The molecule has 47 heavy (non-hydrogen) atoms. The summed E-state index contributed by atoms with van der Waals surface area (Å²) >= 11 is 0. The largest absolute Gasteiger partial charge is 0.297 e. The fourth-order valence-electron chi connectivity index (χ4n) is 7.21. The lowest BCUT2D eigenvalue weighted by Gasteiger charge is -2.16. The Labute approximate surface area is 269 Å². The van der Waals surface area contributed by atoms with E-state index >= 15 is 0 Å². The van der Waals surface area contributed by atoms with Crippen molar-refractivity contribution in [3.05, 3.63) is 152 Å².